The second kappa shape index (κ2) is 4.63. The third kappa shape index (κ3) is 2.34. The van der Waals surface area contributed by atoms with Crippen LogP contribution in [-0.4, -0.2) is 15.1 Å². The molecule has 0 aliphatic rings. The predicted octanol–water partition coefficient (Wildman–Crippen LogP) is 2.29. The van der Waals surface area contributed by atoms with E-state index in [0.717, 1.165) is 12.0 Å². The van der Waals surface area contributed by atoms with E-state index >= 15 is 0 Å². The second-order valence-corrected chi connectivity index (χ2v) is 4.21. The van der Waals surface area contributed by atoms with Crippen molar-refractivity contribution < 1.29 is 5.11 Å². The number of rotatable bonds is 3. The molecule has 1 heterocycles. The Balaban J connectivity index is 2.37. The monoisotopic (exact) mass is 228 g/mol. The summed E-state index contributed by atoms with van der Waals surface area (Å²) in [7, 11) is 0. The van der Waals surface area contributed by atoms with Crippen LogP contribution in [0, 0.1) is 0 Å². The van der Waals surface area contributed by atoms with Gasteiger partial charge in [-0.05, 0) is 24.5 Å². The van der Waals surface area contributed by atoms with E-state index in [-0.39, 0.29) is 0 Å². The van der Waals surface area contributed by atoms with Gasteiger partial charge in [-0.2, -0.15) is 0 Å². The highest BCUT2D eigenvalue weighted by atomic mass is 16.3. The van der Waals surface area contributed by atoms with Crippen molar-refractivity contribution >= 4 is 0 Å². The molecule has 2 aromatic rings. The maximum atomic E-state index is 10.5. The Morgan fingerprint density at radius 3 is 2.41 bits per heavy atom. The van der Waals surface area contributed by atoms with Crippen molar-refractivity contribution in [1.29, 1.82) is 0 Å². The van der Waals surface area contributed by atoms with E-state index in [1.165, 1.54) is 5.56 Å². The number of aliphatic hydroxyl groups is 1. The molecule has 0 aliphatic heterocycles. The van der Waals surface area contributed by atoms with Crippen LogP contribution in [0.5, 0.6) is 0 Å². The van der Waals surface area contributed by atoms with Gasteiger partial charge in [0.25, 0.3) is 0 Å². The summed E-state index contributed by atoms with van der Waals surface area (Å²) in [5.41, 5.74) is 1.55. The first-order valence-electron chi connectivity index (χ1n) is 5.73. The van der Waals surface area contributed by atoms with Gasteiger partial charge >= 0.3 is 0 Å². The molecule has 3 nitrogen and oxygen atoms in total. The van der Waals surface area contributed by atoms with E-state index in [9.17, 15) is 5.11 Å². The van der Waals surface area contributed by atoms with Gasteiger partial charge in [0.1, 0.15) is 5.60 Å². The molecule has 0 bridgehead atoms. The molecule has 1 aromatic carbocycles. The molecule has 1 unspecified atom stereocenters. The number of benzene rings is 1. The highest BCUT2D eigenvalue weighted by molar-refractivity contribution is 5.32. The largest absolute Gasteiger partial charge is 0.379 e. The van der Waals surface area contributed by atoms with Crippen LogP contribution in [-0.2, 0) is 12.0 Å². The maximum absolute atomic E-state index is 10.5. The molecule has 17 heavy (non-hydrogen) atoms. The lowest BCUT2D eigenvalue weighted by molar-refractivity contribution is 0.0969. The molecule has 0 radical (unpaired) electrons. The standard InChI is InChI=1S/C14H16N2O/c1-3-11-4-6-12(7-5-11)14(2,17)13-10-15-8-9-16-13/h4-10,17H,3H2,1-2H3. The number of hydrogen-bond acceptors (Lipinski definition) is 3. The minimum Gasteiger partial charge on any atom is -0.379 e. The molecule has 88 valence electrons. The van der Waals surface area contributed by atoms with Crippen molar-refractivity contribution in [1.82, 2.24) is 9.97 Å². The van der Waals surface area contributed by atoms with Crippen molar-refractivity contribution in [3.05, 3.63) is 59.7 Å². The molecule has 0 fully saturated rings. The number of hydrogen-bond donors (Lipinski definition) is 1. The van der Waals surface area contributed by atoms with Crippen molar-refractivity contribution in [2.45, 2.75) is 25.9 Å². The van der Waals surface area contributed by atoms with Crippen LogP contribution < -0.4 is 0 Å². The lowest BCUT2D eigenvalue weighted by Gasteiger charge is -2.22. The van der Waals surface area contributed by atoms with Gasteiger partial charge in [0.15, 0.2) is 0 Å². The summed E-state index contributed by atoms with van der Waals surface area (Å²) in [4.78, 5) is 8.14. The Morgan fingerprint density at radius 1 is 1.18 bits per heavy atom. The van der Waals surface area contributed by atoms with Crippen LogP contribution in [0.1, 0.15) is 30.7 Å². The van der Waals surface area contributed by atoms with Gasteiger partial charge < -0.3 is 5.11 Å². The molecular formula is C14H16N2O. The molecule has 0 aliphatic carbocycles. The first-order chi connectivity index (χ1) is 8.14. The molecule has 1 atom stereocenters. The van der Waals surface area contributed by atoms with Crippen molar-refractivity contribution in [2.24, 2.45) is 0 Å². The molecular weight excluding hydrogens is 212 g/mol. The van der Waals surface area contributed by atoms with E-state index < -0.39 is 5.60 Å². The molecule has 3 heteroatoms. The summed E-state index contributed by atoms with van der Waals surface area (Å²) in [6, 6.07) is 7.93. The highest BCUT2D eigenvalue weighted by Gasteiger charge is 2.27. The minimum absolute atomic E-state index is 0.559. The van der Waals surface area contributed by atoms with Crippen LogP contribution in [0.4, 0.5) is 0 Å². The summed E-state index contributed by atoms with van der Waals surface area (Å²) < 4.78 is 0. The van der Waals surface area contributed by atoms with E-state index in [2.05, 4.69) is 16.9 Å². The van der Waals surface area contributed by atoms with Gasteiger partial charge in [-0.25, -0.2) is 0 Å². The summed E-state index contributed by atoms with van der Waals surface area (Å²) in [6.45, 7) is 3.84. The summed E-state index contributed by atoms with van der Waals surface area (Å²) in [5, 5.41) is 10.5. The Morgan fingerprint density at radius 2 is 1.88 bits per heavy atom. The minimum atomic E-state index is -1.10. The predicted molar refractivity (Wildman–Crippen MR) is 66.5 cm³/mol. The first kappa shape index (κ1) is 11.7. The molecule has 0 spiro atoms. The molecule has 0 saturated heterocycles. The lowest BCUT2D eigenvalue weighted by Crippen LogP contribution is -2.24. The molecule has 1 N–H and O–H groups in total. The van der Waals surface area contributed by atoms with Crippen LogP contribution in [0.2, 0.25) is 0 Å². The quantitative estimate of drug-likeness (QED) is 0.876. The van der Waals surface area contributed by atoms with E-state index in [1.54, 1.807) is 25.5 Å². The molecule has 1 aromatic heterocycles. The van der Waals surface area contributed by atoms with Gasteiger partial charge in [0.2, 0.25) is 0 Å². The smallest absolute Gasteiger partial charge is 0.130 e. The third-order valence-electron chi connectivity index (χ3n) is 2.99. The van der Waals surface area contributed by atoms with E-state index in [0.29, 0.717) is 5.69 Å². The summed E-state index contributed by atoms with van der Waals surface area (Å²) >= 11 is 0. The number of nitrogens with zero attached hydrogens (tertiary/aromatic N) is 2. The topological polar surface area (TPSA) is 46.0 Å². The fourth-order valence-corrected chi connectivity index (χ4v) is 1.76. The normalized spacial score (nSPS) is 14.3. The highest BCUT2D eigenvalue weighted by Crippen LogP contribution is 2.27. The third-order valence-corrected chi connectivity index (χ3v) is 2.99. The Bertz CT molecular complexity index is 477. The van der Waals surface area contributed by atoms with Crippen LogP contribution in [0.25, 0.3) is 0 Å². The van der Waals surface area contributed by atoms with Crippen molar-refractivity contribution in [3.8, 4) is 0 Å². The SMILES string of the molecule is CCc1ccc(C(C)(O)c2cnccn2)cc1. The lowest BCUT2D eigenvalue weighted by atomic mass is 9.92. The number of aryl methyl sites for hydroxylation is 1. The molecule has 2 rings (SSSR count). The van der Waals surface area contributed by atoms with Crippen molar-refractivity contribution in [2.75, 3.05) is 0 Å². The zero-order valence-corrected chi connectivity index (χ0v) is 10.1. The maximum Gasteiger partial charge on any atom is 0.130 e. The fraction of sp³-hybridized carbons (Fsp3) is 0.286. The van der Waals surface area contributed by atoms with Crippen LogP contribution in [0.3, 0.4) is 0 Å². The summed E-state index contributed by atoms with van der Waals surface area (Å²) in [6.07, 6.45) is 5.77. The van der Waals surface area contributed by atoms with Crippen LogP contribution >= 0.6 is 0 Å². The Hall–Kier alpha value is -1.74. The first-order valence-corrected chi connectivity index (χ1v) is 5.73. The van der Waals surface area contributed by atoms with E-state index in [4.69, 9.17) is 0 Å². The van der Waals surface area contributed by atoms with Gasteiger partial charge in [-0.15, -0.1) is 0 Å². The second-order valence-electron chi connectivity index (χ2n) is 4.21. The number of aromatic nitrogens is 2. The Labute approximate surface area is 101 Å². The van der Waals surface area contributed by atoms with Gasteiger partial charge in [-0.1, -0.05) is 31.2 Å². The van der Waals surface area contributed by atoms with Gasteiger partial charge in [-0.3, -0.25) is 9.97 Å². The zero-order valence-electron chi connectivity index (χ0n) is 10.1. The summed E-state index contributed by atoms with van der Waals surface area (Å²) in [5.74, 6) is 0. The Kier molecular flexibility index (Phi) is 3.20. The van der Waals surface area contributed by atoms with Gasteiger partial charge in [0.05, 0.1) is 11.9 Å². The molecule has 0 saturated carbocycles. The van der Waals surface area contributed by atoms with Crippen molar-refractivity contribution in [3.63, 3.8) is 0 Å². The van der Waals surface area contributed by atoms with E-state index in [1.807, 2.05) is 24.3 Å². The van der Waals surface area contributed by atoms with Crippen LogP contribution in [0.15, 0.2) is 42.9 Å². The average molecular weight is 228 g/mol. The fourth-order valence-electron chi connectivity index (χ4n) is 1.76. The zero-order chi connectivity index (χ0) is 12.3. The average Bonchev–Trinajstić information content (AvgIpc) is 2.40. The molecule has 0 amide bonds. The van der Waals surface area contributed by atoms with Gasteiger partial charge in [0, 0.05) is 12.4 Å².